The van der Waals surface area contributed by atoms with Gasteiger partial charge >= 0.3 is 0 Å². The maximum atomic E-state index is 4.42. The van der Waals surface area contributed by atoms with Crippen LogP contribution in [-0.4, -0.2) is 11.0 Å². The molecular weight excluding hydrogens is 216 g/mol. The second kappa shape index (κ2) is 4.84. The molecule has 1 saturated carbocycles. The first-order valence-electron chi connectivity index (χ1n) is 6.27. The van der Waals surface area contributed by atoms with Gasteiger partial charge in [0.2, 0.25) is 0 Å². The van der Waals surface area contributed by atoms with E-state index in [0.29, 0.717) is 6.04 Å². The number of thiazole rings is 1. The Kier molecular flexibility index (Phi) is 3.65. The molecule has 1 aliphatic rings. The molecule has 2 nitrogen and oxygen atoms in total. The highest BCUT2D eigenvalue weighted by molar-refractivity contribution is 7.09. The predicted octanol–water partition coefficient (Wildman–Crippen LogP) is 3.55. The number of nitrogens with one attached hydrogen (secondary N) is 1. The van der Waals surface area contributed by atoms with E-state index in [2.05, 4.69) is 36.5 Å². The molecule has 16 heavy (non-hydrogen) atoms. The van der Waals surface area contributed by atoms with Gasteiger partial charge in [0, 0.05) is 17.6 Å². The topological polar surface area (TPSA) is 24.9 Å². The lowest BCUT2D eigenvalue weighted by Crippen LogP contribution is -2.45. The molecule has 1 aromatic rings. The van der Waals surface area contributed by atoms with Gasteiger partial charge in [-0.05, 0) is 39.5 Å². The zero-order valence-corrected chi connectivity index (χ0v) is 11.3. The van der Waals surface area contributed by atoms with Crippen molar-refractivity contribution in [1.29, 1.82) is 0 Å². The van der Waals surface area contributed by atoms with Crippen molar-refractivity contribution in [1.82, 2.24) is 10.3 Å². The third kappa shape index (κ3) is 2.64. The van der Waals surface area contributed by atoms with Crippen molar-refractivity contribution in [3.05, 3.63) is 16.6 Å². The van der Waals surface area contributed by atoms with E-state index in [9.17, 15) is 0 Å². The highest BCUT2D eigenvalue weighted by Crippen LogP contribution is 2.30. The summed E-state index contributed by atoms with van der Waals surface area (Å²) in [6.45, 7) is 6.79. The summed E-state index contributed by atoms with van der Waals surface area (Å²) < 4.78 is 0. The number of aromatic nitrogens is 1. The molecule has 0 amide bonds. The first kappa shape index (κ1) is 12.1. The molecule has 0 aromatic carbocycles. The van der Waals surface area contributed by atoms with Gasteiger partial charge in [-0.25, -0.2) is 4.98 Å². The maximum absolute atomic E-state index is 4.42. The van der Waals surface area contributed by atoms with Crippen LogP contribution < -0.4 is 5.32 Å². The summed E-state index contributed by atoms with van der Waals surface area (Å²) in [5, 5.41) is 7.00. The van der Waals surface area contributed by atoms with E-state index >= 15 is 0 Å². The van der Waals surface area contributed by atoms with Crippen LogP contribution in [0.4, 0.5) is 0 Å². The zero-order valence-electron chi connectivity index (χ0n) is 10.5. The van der Waals surface area contributed by atoms with Crippen LogP contribution in [0.2, 0.25) is 0 Å². The first-order valence-corrected chi connectivity index (χ1v) is 7.15. The monoisotopic (exact) mass is 238 g/mol. The van der Waals surface area contributed by atoms with Crippen molar-refractivity contribution in [3.63, 3.8) is 0 Å². The van der Waals surface area contributed by atoms with Crippen LogP contribution in [-0.2, 0) is 5.54 Å². The van der Waals surface area contributed by atoms with Gasteiger partial charge in [-0.3, -0.25) is 0 Å². The Balaban J connectivity index is 1.97. The lowest BCUT2D eigenvalue weighted by atomic mass is 9.96. The standard InChI is InChI=1S/C13H22N2S/c1-10(11-6-4-5-7-11)15-13(2,3)12-14-8-9-16-12/h8-11,15H,4-7H2,1-3H3. The predicted molar refractivity (Wildman–Crippen MR) is 69.7 cm³/mol. The van der Waals surface area contributed by atoms with Crippen molar-refractivity contribution >= 4 is 11.3 Å². The number of nitrogens with zero attached hydrogens (tertiary/aromatic N) is 1. The highest BCUT2D eigenvalue weighted by atomic mass is 32.1. The van der Waals surface area contributed by atoms with Crippen LogP contribution in [0.5, 0.6) is 0 Å². The molecule has 1 fully saturated rings. The molecule has 1 heterocycles. The van der Waals surface area contributed by atoms with Crippen LogP contribution >= 0.6 is 11.3 Å². The molecule has 1 atom stereocenters. The first-order chi connectivity index (χ1) is 7.59. The van der Waals surface area contributed by atoms with Gasteiger partial charge in [0.05, 0.1) is 5.54 Å². The van der Waals surface area contributed by atoms with E-state index in [1.54, 1.807) is 11.3 Å². The summed E-state index contributed by atoms with van der Waals surface area (Å²) in [5.74, 6) is 0.860. The largest absolute Gasteiger partial charge is 0.303 e. The van der Waals surface area contributed by atoms with Crippen molar-refractivity contribution in [3.8, 4) is 0 Å². The summed E-state index contributed by atoms with van der Waals surface area (Å²) in [5.41, 5.74) is 0.0101. The van der Waals surface area contributed by atoms with E-state index in [0.717, 1.165) is 5.92 Å². The van der Waals surface area contributed by atoms with Crippen LogP contribution in [0.1, 0.15) is 51.5 Å². The van der Waals surface area contributed by atoms with Crippen LogP contribution in [0, 0.1) is 5.92 Å². The molecule has 90 valence electrons. The second-order valence-electron chi connectivity index (χ2n) is 5.44. The molecule has 1 N–H and O–H groups in total. The second-order valence-corrected chi connectivity index (χ2v) is 6.33. The molecule has 0 saturated heterocycles. The molecule has 0 spiro atoms. The van der Waals surface area contributed by atoms with Gasteiger partial charge in [0.15, 0.2) is 0 Å². The average Bonchev–Trinajstić information content (AvgIpc) is 2.91. The highest BCUT2D eigenvalue weighted by Gasteiger charge is 2.29. The lowest BCUT2D eigenvalue weighted by molar-refractivity contribution is 0.284. The van der Waals surface area contributed by atoms with Gasteiger partial charge in [-0.2, -0.15) is 0 Å². The molecule has 1 aliphatic carbocycles. The molecule has 0 bridgehead atoms. The fourth-order valence-electron chi connectivity index (χ4n) is 2.74. The van der Waals surface area contributed by atoms with Gasteiger partial charge in [-0.1, -0.05) is 12.8 Å². The minimum atomic E-state index is 0.0101. The summed E-state index contributed by atoms with van der Waals surface area (Å²) in [7, 11) is 0. The Morgan fingerprint density at radius 1 is 1.44 bits per heavy atom. The molecule has 3 heteroatoms. The van der Waals surface area contributed by atoms with Crippen LogP contribution in [0.3, 0.4) is 0 Å². The van der Waals surface area contributed by atoms with Crippen molar-refractivity contribution < 1.29 is 0 Å². The van der Waals surface area contributed by atoms with Crippen molar-refractivity contribution in [2.75, 3.05) is 0 Å². The number of rotatable bonds is 4. The summed E-state index contributed by atoms with van der Waals surface area (Å²) in [6, 6.07) is 0.599. The van der Waals surface area contributed by atoms with Crippen LogP contribution in [0.15, 0.2) is 11.6 Å². The van der Waals surface area contributed by atoms with Crippen molar-refractivity contribution in [2.24, 2.45) is 5.92 Å². The van der Waals surface area contributed by atoms with Gasteiger partial charge in [0.1, 0.15) is 5.01 Å². The molecule has 0 radical (unpaired) electrons. The van der Waals surface area contributed by atoms with E-state index in [1.165, 1.54) is 30.7 Å². The molecule has 1 unspecified atom stereocenters. The Bertz CT molecular complexity index is 313. The van der Waals surface area contributed by atoms with E-state index in [1.807, 2.05) is 6.20 Å². The van der Waals surface area contributed by atoms with Crippen LogP contribution in [0.25, 0.3) is 0 Å². The molecule has 0 aliphatic heterocycles. The summed E-state index contributed by atoms with van der Waals surface area (Å²) >= 11 is 1.74. The Labute approximate surface area is 102 Å². The quantitative estimate of drug-likeness (QED) is 0.867. The molecular formula is C13H22N2S. The molecule has 1 aromatic heterocycles. The normalized spacial score (nSPS) is 20.2. The Morgan fingerprint density at radius 3 is 2.69 bits per heavy atom. The Hall–Kier alpha value is -0.410. The maximum Gasteiger partial charge on any atom is 0.112 e. The third-order valence-electron chi connectivity index (χ3n) is 3.66. The minimum Gasteiger partial charge on any atom is -0.303 e. The smallest absolute Gasteiger partial charge is 0.112 e. The average molecular weight is 238 g/mol. The molecule has 2 rings (SSSR count). The van der Waals surface area contributed by atoms with Crippen molar-refractivity contribution in [2.45, 2.75) is 58.0 Å². The Morgan fingerprint density at radius 2 is 2.12 bits per heavy atom. The SMILES string of the molecule is CC(NC(C)(C)c1nccs1)C1CCCC1. The lowest BCUT2D eigenvalue weighted by Gasteiger charge is -2.31. The van der Waals surface area contributed by atoms with E-state index in [-0.39, 0.29) is 5.54 Å². The van der Waals surface area contributed by atoms with E-state index < -0.39 is 0 Å². The number of hydrogen-bond donors (Lipinski definition) is 1. The fraction of sp³-hybridized carbons (Fsp3) is 0.769. The van der Waals surface area contributed by atoms with E-state index in [4.69, 9.17) is 0 Å². The van der Waals surface area contributed by atoms with Gasteiger partial charge in [0.25, 0.3) is 0 Å². The van der Waals surface area contributed by atoms with Gasteiger partial charge < -0.3 is 5.32 Å². The summed E-state index contributed by atoms with van der Waals surface area (Å²) in [6.07, 6.45) is 7.50. The zero-order chi connectivity index (χ0) is 11.6. The number of hydrogen-bond acceptors (Lipinski definition) is 3. The minimum absolute atomic E-state index is 0.0101. The third-order valence-corrected chi connectivity index (χ3v) is 4.76. The fourth-order valence-corrected chi connectivity index (χ4v) is 3.46. The van der Waals surface area contributed by atoms with Gasteiger partial charge in [-0.15, -0.1) is 11.3 Å². The summed E-state index contributed by atoms with van der Waals surface area (Å²) in [4.78, 5) is 4.42.